The maximum Gasteiger partial charge on any atom is 0.339 e. The van der Waals surface area contributed by atoms with E-state index in [2.05, 4.69) is 0 Å². The van der Waals surface area contributed by atoms with E-state index in [0.717, 1.165) is 0 Å². The first kappa shape index (κ1) is 16.0. The van der Waals surface area contributed by atoms with Crippen molar-refractivity contribution in [1.29, 1.82) is 0 Å². The van der Waals surface area contributed by atoms with Gasteiger partial charge in [-0.1, -0.05) is 18.2 Å². The van der Waals surface area contributed by atoms with Gasteiger partial charge in [-0.3, -0.25) is 0 Å². The fourth-order valence-electron chi connectivity index (χ4n) is 1.51. The molecular formula is C16H20O4. The summed E-state index contributed by atoms with van der Waals surface area (Å²) in [5.41, 5.74) is 0.479. The molecule has 0 fully saturated rings. The predicted molar refractivity (Wildman–Crippen MR) is 77.3 cm³/mol. The van der Waals surface area contributed by atoms with Crippen LogP contribution in [0.4, 0.5) is 0 Å². The van der Waals surface area contributed by atoms with Gasteiger partial charge in [-0.25, -0.2) is 9.59 Å². The van der Waals surface area contributed by atoms with Crippen LogP contribution in [0.1, 0.15) is 43.6 Å². The average Bonchev–Trinajstić information content (AvgIpc) is 2.35. The van der Waals surface area contributed by atoms with Crippen LogP contribution in [0.25, 0.3) is 6.08 Å². The first-order valence-corrected chi connectivity index (χ1v) is 6.50. The Morgan fingerprint density at radius 1 is 1.20 bits per heavy atom. The second kappa shape index (κ2) is 6.89. The molecule has 0 bridgehead atoms. The van der Waals surface area contributed by atoms with Crippen LogP contribution in [0.3, 0.4) is 0 Å². The predicted octanol–water partition coefficient (Wildman–Crippen LogP) is 3.22. The first-order valence-electron chi connectivity index (χ1n) is 6.50. The number of carbonyl (C=O) groups is 2. The largest absolute Gasteiger partial charge is 0.463 e. The molecule has 0 atom stereocenters. The minimum Gasteiger partial charge on any atom is -0.463 e. The van der Waals surface area contributed by atoms with Crippen LogP contribution in [0, 0.1) is 0 Å². The van der Waals surface area contributed by atoms with Crippen LogP contribution >= 0.6 is 0 Å². The van der Waals surface area contributed by atoms with Crippen molar-refractivity contribution in [3.63, 3.8) is 0 Å². The molecule has 0 saturated heterocycles. The van der Waals surface area contributed by atoms with Crippen molar-refractivity contribution >= 4 is 18.0 Å². The molecule has 0 radical (unpaired) electrons. The van der Waals surface area contributed by atoms with E-state index in [4.69, 9.17) is 9.47 Å². The van der Waals surface area contributed by atoms with Crippen LogP contribution in [-0.4, -0.2) is 24.1 Å². The van der Waals surface area contributed by atoms with E-state index in [1.807, 2.05) is 20.8 Å². The molecule has 1 aromatic rings. The number of ether oxygens (including phenoxy) is 2. The van der Waals surface area contributed by atoms with Gasteiger partial charge >= 0.3 is 11.9 Å². The Kier molecular flexibility index (Phi) is 5.50. The normalized spacial score (nSPS) is 11.4. The Morgan fingerprint density at radius 3 is 2.45 bits per heavy atom. The van der Waals surface area contributed by atoms with Gasteiger partial charge in [0.15, 0.2) is 0 Å². The van der Waals surface area contributed by atoms with E-state index in [0.29, 0.717) is 17.7 Å². The summed E-state index contributed by atoms with van der Waals surface area (Å²) in [5.74, 6) is -0.854. The third-order valence-electron chi connectivity index (χ3n) is 2.27. The van der Waals surface area contributed by atoms with Crippen molar-refractivity contribution in [2.24, 2.45) is 0 Å². The van der Waals surface area contributed by atoms with E-state index < -0.39 is 17.5 Å². The monoisotopic (exact) mass is 276 g/mol. The van der Waals surface area contributed by atoms with E-state index in [-0.39, 0.29) is 0 Å². The highest BCUT2D eigenvalue weighted by Gasteiger charge is 2.19. The lowest BCUT2D eigenvalue weighted by Gasteiger charge is -2.20. The smallest absolute Gasteiger partial charge is 0.339 e. The fourth-order valence-corrected chi connectivity index (χ4v) is 1.51. The molecule has 20 heavy (non-hydrogen) atoms. The molecule has 0 amide bonds. The van der Waals surface area contributed by atoms with Gasteiger partial charge in [0, 0.05) is 6.08 Å². The van der Waals surface area contributed by atoms with Crippen LogP contribution in [0.5, 0.6) is 0 Å². The molecule has 0 N–H and O–H groups in total. The second-order valence-corrected chi connectivity index (χ2v) is 5.17. The molecule has 0 heterocycles. The molecule has 4 heteroatoms. The van der Waals surface area contributed by atoms with Gasteiger partial charge in [0.1, 0.15) is 5.60 Å². The van der Waals surface area contributed by atoms with Crippen LogP contribution in [-0.2, 0) is 14.3 Å². The molecule has 0 aliphatic heterocycles. The molecule has 0 aromatic heterocycles. The molecule has 1 aromatic carbocycles. The Hall–Kier alpha value is -2.10. The van der Waals surface area contributed by atoms with Crippen molar-refractivity contribution in [2.75, 3.05) is 6.61 Å². The van der Waals surface area contributed by atoms with Crippen molar-refractivity contribution in [3.05, 3.63) is 41.5 Å². The van der Waals surface area contributed by atoms with Crippen LogP contribution in [0.15, 0.2) is 30.3 Å². The van der Waals surface area contributed by atoms with E-state index in [1.54, 1.807) is 37.3 Å². The zero-order valence-corrected chi connectivity index (χ0v) is 12.3. The van der Waals surface area contributed by atoms with E-state index in [9.17, 15) is 9.59 Å². The molecule has 0 unspecified atom stereocenters. The molecule has 108 valence electrons. The SMILES string of the molecule is CCOC(=O)C=Cc1ccccc1C(=O)OC(C)(C)C. The van der Waals surface area contributed by atoms with Gasteiger partial charge in [0.2, 0.25) is 0 Å². The highest BCUT2D eigenvalue weighted by atomic mass is 16.6. The van der Waals surface area contributed by atoms with Crippen molar-refractivity contribution in [2.45, 2.75) is 33.3 Å². The maximum absolute atomic E-state index is 12.1. The van der Waals surface area contributed by atoms with Crippen LogP contribution in [0.2, 0.25) is 0 Å². The summed E-state index contributed by atoms with van der Waals surface area (Å²) in [4.78, 5) is 23.4. The summed E-state index contributed by atoms with van der Waals surface area (Å²) in [5, 5.41) is 0. The molecule has 0 saturated carbocycles. The van der Waals surface area contributed by atoms with Crippen LogP contribution < -0.4 is 0 Å². The summed E-state index contributed by atoms with van der Waals surface area (Å²) in [7, 11) is 0. The Balaban J connectivity index is 2.94. The summed E-state index contributed by atoms with van der Waals surface area (Å²) >= 11 is 0. The average molecular weight is 276 g/mol. The summed E-state index contributed by atoms with van der Waals surface area (Å²) < 4.78 is 10.1. The van der Waals surface area contributed by atoms with Gasteiger partial charge in [0.25, 0.3) is 0 Å². The zero-order valence-electron chi connectivity index (χ0n) is 12.3. The van der Waals surface area contributed by atoms with Gasteiger partial charge in [-0.05, 0) is 45.4 Å². The lowest BCUT2D eigenvalue weighted by molar-refractivity contribution is -0.137. The standard InChI is InChI=1S/C16H20O4/c1-5-19-14(17)11-10-12-8-6-7-9-13(12)15(18)20-16(2,3)4/h6-11H,5H2,1-4H3. The van der Waals surface area contributed by atoms with Crippen molar-refractivity contribution in [1.82, 2.24) is 0 Å². The van der Waals surface area contributed by atoms with Gasteiger partial charge < -0.3 is 9.47 Å². The second-order valence-electron chi connectivity index (χ2n) is 5.17. The third-order valence-corrected chi connectivity index (χ3v) is 2.27. The number of benzene rings is 1. The summed E-state index contributed by atoms with van der Waals surface area (Å²) in [6.07, 6.45) is 2.85. The van der Waals surface area contributed by atoms with Crippen molar-refractivity contribution in [3.8, 4) is 0 Å². The summed E-state index contributed by atoms with van der Waals surface area (Å²) in [6.45, 7) is 7.48. The lowest BCUT2D eigenvalue weighted by Crippen LogP contribution is -2.24. The van der Waals surface area contributed by atoms with E-state index in [1.165, 1.54) is 6.08 Å². The quantitative estimate of drug-likeness (QED) is 0.626. The highest BCUT2D eigenvalue weighted by Crippen LogP contribution is 2.16. The third kappa shape index (κ3) is 5.26. The first-order chi connectivity index (χ1) is 9.33. The Morgan fingerprint density at radius 2 is 1.85 bits per heavy atom. The van der Waals surface area contributed by atoms with Gasteiger partial charge in [-0.2, -0.15) is 0 Å². The number of carbonyl (C=O) groups excluding carboxylic acids is 2. The Labute approximate surface area is 119 Å². The molecule has 0 aliphatic rings. The molecule has 4 nitrogen and oxygen atoms in total. The number of rotatable bonds is 4. The van der Waals surface area contributed by atoms with E-state index >= 15 is 0 Å². The maximum atomic E-state index is 12.1. The minimum absolute atomic E-state index is 0.316. The molecule has 0 spiro atoms. The Bertz CT molecular complexity index is 509. The van der Waals surface area contributed by atoms with Gasteiger partial charge in [-0.15, -0.1) is 0 Å². The molecular weight excluding hydrogens is 256 g/mol. The number of hydrogen-bond donors (Lipinski definition) is 0. The zero-order chi connectivity index (χ0) is 15.2. The minimum atomic E-state index is -0.560. The number of hydrogen-bond acceptors (Lipinski definition) is 4. The molecule has 1 rings (SSSR count). The fraction of sp³-hybridized carbons (Fsp3) is 0.375. The van der Waals surface area contributed by atoms with Gasteiger partial charge in [0.05, 0.1) is 12.2 Å². The van der Waals surface area contributed by atoms with Crippen molar-refractivity contribution < 1.29 is 19.1 Å². The summed E-state index contributed by atoms with van der Waals surface area (Å²) in [6, 6.07) is 6.95. The highest BCUT2D eigenvalue weighted by molar-refractivity contribution is 5.96. The topological polar surface area (TPSA) is 52.6 Å². The lowest BCUT2D eigenvalue weighted by atomic mass is 10.1. The molecule has 0 aliphatic carbocycles. The number of esters is 2.